The average molecular weight is 578 g/mol. The number of H-pyrrole nitrogens is 1. The molecule has 0 spiro atoms. The molecule has 37 heavy (non-hydrogen) atoms. The first-order valence-corrected chi connectivity index (χ1v) is 13.6. The Morgan fingerprint density at radius 3 is 2.51 bits per heavy atom. The second-order valence-electron chi connectivity index (χ2n) is 9.32. The molecule has 202 valence electrons. The molecule has 2 unspecified atom stereocenters. The first-order valence-electron chi connectivity index (χ1n) is 11.3. The number of carboxylic acids is 1. The van der Waals surface area contributed by atoms with Crippen LogP contribution in [0.15, 0.2) is 46.1 Å². The molecule has 2 aromatic rings. The molecular weight excluding hydrogens is 552 g/mol. The van der Waals surface area contributed by atoms with Gasteiger partial charge in [-0.15, -0.1) is 0 Å². The third-order valence-electron chi connectivity index (χ3n) is 6.39. The first-order chi connectivity index (χ1) is 17.2. The molecule has 2 aliphatic rings. The van der Waals surface area contributed by atoms with Gasteiger partial charge in [-0.3, -0.25) is 23.7 Å². The van der Waals surface area contributed by atoms with Crippen molar-refractivity contribution in [3.63, 3.8) is 0 Å². The van der Waals surface area contributed by atoms with Gasteiger partial charge in [-0.1, -0.05) is 42.3 Å². The molecule has 4 N–H and O–H groups in total. The van der Waals surface area contributed by atoms with Gasteiger partial charge in [0.1, 0.15) is 24.0 Å². The third-order valence-corrected chi connectivity index (χ3v) is 8.86. The van der Waals surface area contributed by atoms with Gasteiger partial charge in [0, 0.05) is 12.3 Å². The van der Waals surface area contributed by atoms with Crippen LogP contribution < -0.4 is 20.9 Å². The van der Waals surface area contributed by atoms with E-state index in [-0.39, 0.29) is 11.2 Å². The molecule has 1 aliphatic heterocycles. The molecule has 5 atom stereocenters. The van der Waals surface area contributed by atoms with Gasteiger partial charge in [-0.05, 0) is 42.9 Å². The first kappa shape index (κ1) is 27.8. The molecule has 0 radical (unpaired) electrons. The highest BCUT2D eigenvalue weighted by molar-refractivity contribution is 7.52. The molecule has 0 amide bonds. The normalized spacial score (nSPS) is 26.2. The van der Waals surface area contributed by atoms with Gasteiger partial charge in [0.2, 0.25) is 0 Å². The Hall–Kier alpha value is -2.18. The zero-order chi connectivity index (χ0) is 27.2. The van der Waals surface area contributed by atoms with Crippen LogP contribution in [0, 0.1) is 0 Å². The predicted octanol–water partition coefficient (Wildman–Crippen LogP) is 2.29. The number of aliphatic carboxylic acids is 1. The lowest BCUT2D eigenvalue weighted by Gasteiger charge is -2.24. The van der Waals surface area contributed by atoms with Crippen LogP contribution in [-0.4, -0.2) is 54.9 Å². The number of ether oxygens (including phenoxy) is 1. The molecule has 1 aliphatic carbocycles. The number of halogens is 2. The Kier molecular flexibility index (Phi) is 7.66. The lowest BCUT2D eigenvalue weighted by Crippen LogP contribution is -2.41. The van der Waals surface area contributed by atoms with Crippen LogP contribution in [0.1, 0.15) is 38.5 Å². The Morgan fingerprint density at radius 1 is 1.30 bits per heavy atom. The SMILES string of the molecule is CC(NP(=O)(OC[C@H]1O[C@@H](n2ccc(=O)[nH]c2=O)C(Cl)(Cl)[C@@H]1O)Oc1ccc(C2(C)CC2)cc1)C(=O)O. The van der Waals surface area contributed by atoms with E-state index < -0.39 is 60.4 Å². The molecule has 1 aromatic carbocycles. The second-order valence-corrected chi connectivity index (χ2v) is 12.5. The molecule has 2 heterocycles. The van der Waals surface area contributed by atoms with Crippen molar-refractivity contribution < 1.29 is 33.4 Å². The van der Waals surface area contributed by atoms with E-state index in [0.29, 0.717) is 0 Å². The van der Waals surface area contributed by atoms with Crippen LogP contribution in [0.2, 0.25) is 0 Å². The summed E-state index contributed by atoms with van der Waals surface area (Å²) in [5.41, 5.74) is -0.351. The van der Waals surface area contributed by atoms with Crippen LogP contribution in [0.25, 0.3) is 0 Å². The maximum absolute atomic E-state index is 13.5. The van der Waals surface area contributed by atoms with Crippen molar-refractivity contribution >= 4 is 36.9 Å². The van der Waals surface area contributed by atoms with Crippen LogP contribution in [0.5, 0.6) is 5.75 Å². The van der Waals surface area contributed by atoms with Crippen molar-refractivity contribution in [2.24, 2.45) is 0 Å². The highest BCUT2D eigenvalue weighted by Gasteiger charge is 2.56. The fraction of sp³-hybridized carbons (Fsp3) is 0.500. The number of hydrogen-bond acceptors (Lipinski definition) is 8. The largest absolute Gasteiger partial charge is 0.480 e. The minimum Gasteiger partial charge on any atom is -0.480 e. The van der Waals surface area contributed by atoms with E-state index in [4.69, 9.17) is 37.0 Å². The molecule has 12 nitrogen and oxygen atoms in total. The minimum atomic E-state index is -4.34. The number of hydrogen-bond donors (Lipinski definition) is 4. The topological polar surface area (TPSA) is 169 Å². The quantitative estimate of drug-likeness (QED) is 0.242. The summed E-state index contributed by atoms with van der Waals surface area (Å²) in [5, 5.41) is 22.3. The smallest absolute Gasteiger partial charge is 0.459 e. The summed E-state index contributed by atoms with van der Waals surface area (Å²) in [6.07, 6.45) is -1.17. The van der Waals surface area contributed by atoms with E-state index in [1.807, 2.05) is 17.1 Å². The summed E-state index contributed by atoms with van der Waals surface area (Å²) in [7, 11) is -4.34. The van der Waals surface area contributed by atoms with Crippen molar-refractivity contribution in [2.45, 2.75) is 60.9 Å². The fourth-order valence-corrected chi connectivity index (χ4v) is 5.91. The minimum absolute atomic E-state index is 0.102. The molecule has 2 fully saturated rings. The summed E-state index contributed by atoms with van der Waals surface area (Å²) < 4.78 is 29.0. The van der Waals surface area contributed by atoms with Crippen molar-refractivity contribution in [3.05, 3.63) is 62.9 Å². The standard InChI is InChI=1S/C22H26Cl2N3O9P/c1-12(18(30)31)26-37(33,36-14-5-3-13(4-6-14)21(2)8-9-21)34-11-15-17(29)22(23,24)19(35-15)27-10-7-16(28)25-20(27)32/h3-7,10,12,15,17,19,29H,8-9,11H2,1-2H3,(H,26,33)(H,30,31)(H,25,28,32)/t12?,15-,17-,19-,37?/m1/s1. The highest BCUT2D eigenvalue weighted by atomic mass is 35.5. The number of aromatic nitrogens is 2. The molecule has 1 saturated heterocycles. The Balaban J connectivity index is 1.52. The summed E-state index contributed by atoms with van der Waals surface area (Å²) in [5.74, 6) is -1.14. The lowest BCUT2D eigenvalue weighted by atomic mass is 9.99. The van der Waals surface area contributed by atoms with E-state index >= 15 is 0 Å². The van der Waals surface area contributed by atoms with E-state index in [9.17, 15) is 29.2 Å². The number of nitrogens with zero attached hydrogens (tertiary/aromatic N) is 1. The summed E-state index contributed by atoms with van der Waals surface area (Å²) >= 11 is 12.6. The number of aliphatic hydroxyl groups is 1. The van der Waals surface area contributed by atoms with Gasteiger partial charge >= 0.3 is 19.4 Å². The molecule has 1 aromatic heterocycles. The van der Waals surface area contributed by atoms with Gasteiger partial charge < -0.3 is 19.5 Å². The number of rotatable bonds is 10. The maximum Gasteiger partial charge on any atom is 0.459 e. The molecule has 4 rings (SSSR count). The summed E-state index contributed by atoms with van der Waals surface area (Å²) in [6.45, 7) is 2.77. The summed E-state index contributed by atoms with van der Waals surface area (Å²) in [4.78, 5) is 37.0. The lowest BCUT2D eigenvalue weighted by molar-refractivity contribution is -0.138. The molecular formula is C22H26Cl2N3O9P. The number of aliphatic hydroxyl groups excluding tert-OH is 1. The van der Waals surface area contributed by atoms with E-state index in [1.54, 1.807) is 12.1 Å². The van der Waals surface area contributed by atoms with Crippen molar-refractivity contribution in [1.82, 2.24) is 14.6 Å². The number of benzene rings is 1. The van der Waals surface area contributed by atoms with Gasteiger partial charge in [0.15, 0.2) is 10.6 Å². The van der Waals surface area contributed by atoms with Gasteiger partial charge in [0.05, 0.1) is 6.61 Å². The number of carbonyl (C=O) groups is 1. The van der Waals surface area contributed by atoms with E-state index in [2.05, 4.69) is 12.0 Å². The van der Waals surface area contributed by atoms with Crippen LogP contribution >= 0.6 is 30.9 Å². The Labute approximate surface area is 221 Å². The van der Waals surface area contributed by atoms with Gasteiger partial charge in [-0.2, -0.15) is 5.09 Å². The predicted molar refractivity (Wildman–Crippen MR) is 133 cm³/mol. The van der Waals surface area contributed by atoms with Crippen LogP contribution in [0.3, 0.4) is 0 Å². The summed E-state index contributed by atoms with van der Waals surface area (Å²) in [6, 6.07) is 6.59. The van der Waals surface area contributed by atoms with Gasteiger partial charge in [-0.25, -0.2) is 9.36 Å². The highest BCUT2D eigenvalue weighted by Crippen LogP contribution is 2.51. The number of carboxylic acid groups (broad SMARTS) is 1. The molecule has 0 bridgehead atoms. The van der Waals surface area contributed by atoms with Crippen molar-refractivity contribution in [3.8, 4) is 5.75 Å². The van der Waals surface area contributed by atoms with Crippen molar-refractivity contribution in [2.75, 3.05) is 6.61 Å². The zero-order valence-electron chi connectivity index (χ0n) is 19.8. The Bertz CT molecular complexity index is 1330. The zero-order valence-corrected chi connectivity index (χ0v) is 22.2. The maximum atomic E-state index is 13.5. The Morgan fingerprint density at radius 2 is 1.95 bits per heavy atom. The van der Waals surface area contributed by atoms with Crippen LogP contribution in [-0.2, 0) is 24.0 Å². The molecule has 1 saturated carbocycles. The van der Waals surface area contributed by atoms with Gasteiger partial charge in [0.25, 0.3) is 5.56 Å². The van der Waals surface area contributed by atoms with Crippen molar-refractivity contribution in [1.29, 1.82) is 0 Å². The average Bonchev–Trinajstić information content (AvgIpc) is 3.53. The fourth-order valence-electron chi connectivity index (χ4n) is 3.81. The number of aromatic amines is 1. The third kappa shape index (κ3) is 5.96. The van der Waals surface area contributed by atoms with E-state index in [1.165, 1.54) is 6.92 Å². The van der Waals surface area contributed by atoms with E-state index in [0.717, 1.165) is 35.2 Å². The van der Waals surface area contributed by atoms with Crippen LogP contribution in [0.4, 0.5) is 0 Å². The number of nitrogens with one attached hydrogen (secondary N) is 2. The monoisotopic (exact) mass is 577 g/mol. The second kappa shape index (κ2) is 10.2. The molecule has 15 heteroatoms. The number of alkyl halides is 2.